The van der Waals surface area contributed by atoms with Gasteiger partial charge < -0.3 is 10.0 Å². The molecule has 116 valence electrons. The van der Waals surface area contributed by atoms with Gasteiger partial charge in [0.2, 0.25) is 0 Å². The molecule has 1 aromatic carbocycles. The standard InChI is InChI=1S/C15H17F4NO/c1-20-9-5-6-10(20)8-14(21,7-9)11-3-2-4-12(16)13(11)15(17,18)19/h2-4,9-10,21H,5-8H2,1H3. The average molecular weight is 303 g/mol. The summed E-state index contributed by atoms with van der Waals surface area (Å²) < 4.78 is 53.2. The van der Waals surface area contributed by atoms with Gasteiger partial charge in [0.15, 0.2) is 0 Å². The lowest BCUT2D eigenvalue weighted by Crippen LogP contribution is -2.48. The molecule has 2 aliphatic rings. The number of halogens is 4. The number of aliphatic hydroxyl groups is 1. The van der Waals surface area contributed by atoms with Gasteiger partial charge in [-0.15, -0.1) is 0 Å². The molecule has 2 heterocycles. The maximum absolute atomic E-state index is 13.7. The summed E-state index contributed by atoms with van der Waals surface area (Å²) in [6.07, 6.45) is -2.65. The Bertz CT molecular complexity index is 543. The lowest BCUT2D eigenvalue weighted by molar-refractivity contribution is -0.145. The molecule has 3 rings (SSSR count). The van der Waals surface area contributed by atoms with Crippen LogP contribution in [-0.2, 0) is 11.8 Å². The van der Waals surface area contributed by atoms with E-state index in [1.807, 2.05) is 7.05 Å². The van der Waals surface area contributed by atoms with E-state index in [0.29, 0.717) is 0 Å². The van der Waals surface area contributed by atoms with Crippen LogP contribution in [0.4, 0.5) is 17.6 Å². The normalized spacial score (nSPS) is 33.4. The van der Waals surface area contributed by atoms with Crippen LogP contribution in [-0.4, -0.2) is 29.1 Å². The number of alkyl halides is 3. The fourth-order valence-corrected chi connectivity index (χ4v) is 3.87. The second-order valence-corrected chi connectivity index (χ2v) is 6.15. The van der Waals surface area contributed by atoms with E-state index in [-0.39, 0.29) is 30.5 Å². The molecular weight excluding hydrogens is 286 g/mol. The Labute approximate surface area is 120 Å². The molecule has 2 unspecified atom stereocenters. The Hall–Kier alpha value is -1.14. The highest BCUT2D eigenvalue weighted by Gasteiger charge is 2.50. The monoisotopic (exact) mass is 303 g/mol. The van der Waals surface area contributed by atoms with Crippen molar-refractivity contribution in [2.24, 2.45) is 0 Å². The highest BCUT2D eigenvalue weighted by molar-refractivity contribution is 5.37. The maximum Gasteiger partial charge on any atom is 0.419 e. The summed E-state index contributed by atoms with van der Waals surface area (Å²) in [7, 11) is 1.93. The number of rotatable bonds is 1. The van der Waals surface area contributed by atoms with Crippen molar-refractivity contribution in [1.29, 1.82) is 0 Å². The SMILES string of the molecule is CN1C2CCC1CC(O)(c1cccc(F)c1C(F)(F)F)C2. The molecule has 0 saturated carbocycles. The van der Waals surface area contributed by atoms with Gasteiger partial charge in [-0.2, -0.15) is 13.2 Å². The van der Waals surface area contributed by atoms with Gasteiger partial charge in [-0.3, -0.25) is 0 Å². The first-order chi connectivity index (χ1) is 9.72. The second-order valence-electron chi connectivity index (χ2n) is 6.15. The highest BCUT2D eigenvalue weighted by Crippen LogP contribution is 2.48. The van der Waals surface area contributed by atoms with Gasteiger partial charge in [-0.05, 0) is 44.4 Å². The highest BCUT2D eigenvalue weighted by atomic mass is 19.4. The largest absolute Gasteiger partial charge is 0.419 e. The zero-order valence-corrected chi connectivity index (χ0v) is 11.6. The molecule has 1 N–H and O–H groups in total. The molecule has 2 saturated heterocycles. The number of piperidine rings is 1. The van der Waals surface area contributed by atoms with Gasteiger partial charge >= 0.3 is 6.18 Å². The summed E-state index contributed by atoms with van der Waals surface area (Å²) in [6, 6.07) is 3.34. The van der Waals surface area contributed by atoms with Crippen molar-refractivity contribution < 1.29 is 22.7 Å². The molecule has 6 heteroatoms. The minimum atomic E-state index is -4.81. The molecule has 2 nitrogen and oxygen atoms in total. The predicted octanol–water partition coefficient (Wildman–Crippen LogP) is 3.29. The first-order valence-electron chi connectivity index (χ1n) is 7.03. The van der Waals surface area contributed by atoms with E-state index in [4.69, 9.17) is 0 Å². The summed E-state index contributed by atoms with van der Waals surface area (Å²) in [5.74, 6) is -1.32. The average Bonchev–Trinajstić information content (AvgIpc) is 2.60. The zero-order chi connectivity index (χ0) is 15.4. The van der Waals surface area contributed by atoms with Crippen LogP contribution in [0, 0.1) is 5.82 Å². The van der Waals surface area contributed by atoms with E-state index >= 15 is 0 Å². The maximum atomic E-state index is 13.7. The van der Waals surface area contributed by atoms with Crippen LogP contribution in [0.15, 0.2) is 18.2 Å². The molecule has 2 fully saturated rings. The fraction of sp³-hybridized carbons (Fsp3) is 0.600. The Morgan fingerprint density at radius 3 is 2.29 bits per heavy atom. The molecule has 0 radical (unpaired) electrons. The molecule has 21 heavy (non-hydrogen) atoms. The Morgan fingerprint density at radius 1 is 1.19 bits per heavy atom. The van der Waals surface area contributed by atoms with Crippen molar-refractivity contribution in [3.8, 4) is 0 Å². The predicted molar refractivity (Wildman–Crippen MR) is 69.1 cm³/mol. The fourth-order valence-electron chi connectivity index (χ4n) is 3.87. The van der Waals surface area contributed by atoms with E-state index in [0.717, 1.165) is 18.9 Å². The van der Waals surface area contributed by atoms with Crippen LogP contribution in [0.5, 0.6) is 0 Å². The van der Waals surface area contributed by atoms with Crippen LogP contribution >= 0.6 is 0 Å². The summed E-state index contributed by atoms with van der Waals surface area (Å²) in [5.41, 5.74) is -3.25. The molecule has 0 amide bonds. The van der Waals surface area contributed by atoms with Gasteiger partial charge in [-0.1, -0.05) is 12.1 Å². The summed E-state index contributed by atoms with van der Waals surface area (Å²) in [4.78, 5) is 2.11. The van der Waals surface area contributed by atoms with Crippen molar-refractivity contribution in [3.05, 3.63) is 35.1 Å². The molecule has 0 aromatic heterocycles. The second kappa shape index (κ2) is 4.68. The molecule has 0 spiro atoms. The van der Waals surface area contributed by atoms with Gasteiger partial charge in [0, 0.05) is 12.1 Å². The van der Waals surface area contributed by atoms with Crippen LogP contribution in [0.25, 0.3) is 0 Å². The summed E-state index contributed by atoms with van der Waals surface area (Å²) in [6.45, 7) is 0. The molecule has 1 aromatic rings. The lowest BCUT2D eigenvalue weighted by Gasteiger charge is -2.43. The van der Waals surface area contributed by atoms with Gasteiger partial charge in [0.1, 0.15) is 5.82 Å². The van der Waals surface area contributed by atoms with Gasteiger partial charge in [0.25, 0.3) is 0 Å². The first-order valence-corrected chi connectivity index (χ1v) is 7.03. The number of nitrogens with zero attached hydrogens (tertiary/aromatic N) is 1. The van der Waals surface area contributed by atoms with Crippen molar-refractivity contribution in [2.75, 3.05) is 7.05 Å². The molecule has 2 atom stereocenters. The molecule has 0 aliphatic carbocycles. The topological polar surface area (TPSA) is 23.5 Å². The van der Waals surface area contributed by atoms with E-state index in [9.17, 15) is 22.7 Å². The lowest BCUT2D eigenvalue weighted by atomic mass is 9.78. The summed E-state index contributed by atoms with van der Waals surface area (Å²) in [5, 5.41) is 10.8. The van der Waals surface area contributed by atoms with E-state index in [2.05, 4.69) is 4.90 Å². The number of benzene rings is 1. The third-order valence-corrected chi connectivity index (χ3v) is 4.93. The van der Waals surface area contributed by atoms with Crippen LogP contribution < -0.4 is 0 Å². The van der Waals surface area contributed by atoms with E-state index in [1.165, 1.54) is 12.1 Å². The van der Waals surface area contributed by atoms with Crippen LogP contribution in [0.1, 0.15) is 36.8 Å². The number of hydrogen-bond acceptors (Lipinski definition) is 2. The Kier molecular flexibility index (Phi) is 3.29. The molecule has 2 aliphatic heterocycles. The van der Waals surface area contributed by atoms with E-state index < -0.39 is 23.2 Å². The quantitative estimate of drug-likeness (QED) is 0.805. The van der Waals surface area contributed by atoms with Crippen molar-refractivity contribution >= 4 is 0 Å². The van der Waals surface area contributed by atoms with Gasteiger partial charge in [-0.25, -0.2) is 4.39 Å². The third kappa shape index (κ3) is 2.34. The summed E-state index contributed by atoms with van der Waals surface area (Å²) >= 11 is 0. The minimum Gasteiger partial charge on any atom is -0.385 e. The number of hydrogen-bond donors (Lipinski definition) is 1. The molecular formula is C15H17F4NO. The third-order valence-electron chi connectivity index (χ3n) is 4.93. The van der Waals surface area contributed by atoms with Crippen LogP contribution in [0.2, 0.25) is 0 Å². The molecule has 2 bridgehead atoms. The smallest absolute Gasteiger partial charge is 0.385 e. The van der Waals surface area contributed by atoms with Crippen molar-refractivity contribution in [1.82, 2.24) is 4.90 Å². The van der Waals surface area contributed by atoms with Gasteiger partial charge in [0.05, 0.1) is 11.2 Å². The van der Waals surface area contributed by atoms with Crippen LogP contribution in [0.3, 0.4) is 0 Å². The first kappa shape index (κ1) is 14.8. The van der Waals surface area contributed by atoms with E-state index in [1.54, 1.807) is 0 Å². The zero-order valence-electron chi connectivity index (χ0n) is 11.6. The van der Waals surface area contributed by atoms with Crippen molar-refractivity contribution in [2.45, 2.75) is 49.5 Å². The minimum absolute atomic E-state index is 0.0538. The number of fused-ring (bicyclic) bond motifs is 2. The van der Waals surface area contributed by atoms with Crippen molar-refractivity contribution in [3.63, 3.8) is 0 Å². The Morgan fingerprint density at radius 2 is 1.76 bits per heavy atom. The Balaban J connectivity index is 2.07.